The number of aromatic nitrogens is 2. The maximum absolute atomic E-state index is 7.28. The normalized spacial score (nSPS) is 14.1. The largest absolute Gasteiger partial charge is 0.457 e. The van der Waals surface area contributed by atoms with Gasteiger partial charge in [-0.05, 0) is 35.1 Å². The summed E-state index contributed by atoms with van der Waals surface area (Å²) >= 11 is 0. The molecule has 3 nitrogen and oxygen atoms in total. The van der Waals surface area contributed by atoms with Crippen molar-refractivity contribution in [3.05, 3.63) is 115 Å². The summed E-state index contributed by atoms with van der Waals surface area (Å²) < 4.78 is 49.9. The molecule has 0 amide bonds. The number of hydrogen-bond donors (Lipinski definition) is 0. The first-order valence-electron chi connectivity index (χ1n) is 15.0. The van der Waals surface area contributed by atoms with Gasteiger partial charge in [-0.25, -0.2) is 0 Å². The van der Waals surface area contributed by atoms with E-state index in [1.807, 2.05) is 36.5 Å². The summed E-state index contributed by atoms with van der Waals surface area (Å²) in [5.41, 5.74) is 5.42. The van der Waals surface area contributed by atoms with Gasteiger partial charge in [0.1, 0.15) is 11.2 Å². The molecule has 6 rings (SSSR count). The summed E-state index contributed by atoms with van der Waals surface area (Å²) in [6.07, 6.45) is 3.31. The average Bonchev–Trinajstić information content (AvgIpc) is 3.36. The summed E-state index contributed by atoms with van der Waals surface area (Å²) in [7, 11) is -1.55. The molecule has 1 radical (unpaired) electrons. The minimum Gasteiger partial charge on any atom is -0.457 e. The molecule has 193 valence electrons. The molecule has 0 aliphatic carbocycles. The van der Waals surface area contributed by atoms with Crippen molar-refractivity contribution in [1.82, 2.24) is 9.97 Å². The Morgan fingerprint density at radius 1 is 0.789 bits per heavy atom. The Hall–Kier alpha value is -3.37. The molecule has 0 N–H and O–H groups in total. The molecule has 0 saturated heterocycles. The molecular weight excluding hydrogens is 661 g/mol. The van der Waals surface area contributed by atoms with Gasteiger partial charge in [-0.2, -0.15) is 0 Å². The summed E-state index contributed by atoms with van der Waals surface area (Å²) in [5, 5.41) is 3.51. The van der Waals surface area contributed by atoms with E-state index < -0.39 is 21.8 Å². The zero-order valence-electron chi connectivity index (χ0n) is 27.3. The molecule has 0 aliphatic rings. The topological polar surface area (TPSA) is 38.9 Å². The number of hydrogen-bond acceptors (Lipinski definition) is 3. The van der Waals surface area contributed by atoms with Crippen LogP contribution in [0.25, 0.3) is 44.5 Å². The van der Waals surface area contributed by atoms with Crippen LogP contribution in [0.1, 0.15) is 19.4 Å². The minimum absolute atomic E-state index is 0. The van der Waals surface area contributed by atoms with Gasteiger partial charge >= 0.3 is 0 Å². The van der Waals surface area contributed by atoms with Gasteiger partial charge in [0.2, 0.25) is 0 Å². The first-order valence-corrected chi connectivity index (χ1v) is 15.5. The number of benzene rings is 3. The maximum atomic E-state index is 7.28. The minimum atomic E-state index is -2.18. The van der Waals surface area contributed by atoms with Gasteiger partial charge < -0.3 is 14.4 Å². The fraction of sp³-hybridized carbons (Fsp3) is 0.152. The smallest absolute Gasteiger partial charge is 0.134 e. The van der Waals surface area contributed by atoms with Gasteiger partial charge in [-0.15, -0.1) is 71.3 Å². The molecule has 0 aliphatic heterocycles. The summed E-state index contributed by atoms with van der Waals surface area (Å²) in [5.74, 6) is 0. The third-order valence-corrected chi connectivity index (χ3v) is 8.00. The van der Waals surface area contributed by atoms with Gasteiger partial charge in [-0.1, -0.05) is 56.8 Å². The fourth-order valence-electron chi connectivity index (χ4n) is 4.14. The Balaban J connectivity index is 0.000000199. The zero-order chi connectivity index (χ0) is 31.0. The number of pyridine rings is 2. The SMILES string of the molecule is C[Si](C)(C)c1cnc(-c2[c-]cccc2)c2c1oc1ccccc12.[2H]C([2H])([2H])c1c[c-]c(-c2ccc(C([2H])([2H])[2H])cn2)cc1.[Ir]. The van der Waals surface area contributed by atoms with Crippen LogP contribution in [0.3, 0.4) is 0 Å². The fourth-order valence-corrected chi connectivity index (χ4v) is 5.45. The Morgan fingerprint density at radius 3 is 2.24 bits per heavy atom. The first kappa shape index (κ1) is 20.6. The van der Waals surface area contributed by atoms with Crippen LogP contribution in [0.15, 0.2) is 95.7 Å². The number of para-hydroxylation sites is 1. The third kappa shape index (κ3) is 5.86. The van der Waals surface area contributed by atoms with Crippen molar-refractivity contribution in [2.24, 2.45) is 0 Å². The molecule has 0 bridgehead atoms. The van der Waals surface area contributed by atoms with Crippen LogP contribution >= 0.6 is 0 Å². The molecular formula is C33H30IrN2OSi-2. The van der Waals surface area contributed by atoms with Crippen molar-refractivity contribution in [3.8, 4) is 22.5 Å². The maximum Gasteiger partial charge on any atom is 0.134 e. The molecule has 38 heavy (non-hydrogen) atoms. The van der Waals surface area contributed by atoms with E-state index in [2.05, 4.69) is 55.0 Å². The Bertz CT molecular complexity index is 1810. The van der Waals surface area contributed by atoms with Crippen molar-refractivity contribution in [2.75, 3.05) is 0 Å². The van der Waals surface area contributed by atoms with E-state index in [1.165, 1.54) is 29.6 Å². The van der Waals surface area contributed by atoms with Crippen LogP contribution in [0.5, 0.6) is 0 Å². The van der Waals surface area contributed by atoms with Crippen molar-refractivity contribution in [2.45, 2.75) is 33.3 Å². The van der Waals surface area contributed by atoms with E-state index in [9.17, 15) is 0 Å². The van der Waals surface area contributed by atoms with Gasteiger partial charge in [0.05, 0.1) is 8.07 Å². The number of aryl methyl sites for hydroxylation is 2. The van der Waals surface area contributed by atoms with Crippen molar-refractivity contribution in [1.29, 1.82) is 0 Å². The van der Waals surface area contributed by atoms with Crippen LogP contribution < -0.4 is 5.19 Å². The number of rotatable bonds is 3. The van der Waals surface area contributed by atoms with E-state index in [0.29, 0.717) is 11.3 Å². The first-order chi connectivity index (χ1) is 20.2. The number of furan rings is 1. The van der Waals surface area contributed by atoms with Gasteiger partial charge in [0, 0.05) is 51.5 Å². The van der Waals surface area contributed by atoms with Gasteiger partial charge in [0.25, 0.3) is 0 Å². The van der Waals surface area contributed by atoms with Crippen LogP contribution in [0.2, 0.25) is 19.6 Å². The predicted molar refractivity (Wildman–Crippen MR) is 157 cm³/mol. The molecule has 3 aromatic heterocycles. The van der Waals surface area contributed by atoms with E-state index in [4.69, 9.17) is 17.6 Å². The molecule has 6 aromatic rings. The summed E-state index contributed by atoms with van der Waals surface area (Å²) in [6, 6.07) is 29.9. The zero-order valence-corrected chi connectivity index (χ0v) is 24.7. The van der Waals surface area contributed by atoms with Crippen LogP contribution in [-0.2, 0) is 20.1 Å². The van der Waals surface area contributed by atoms with E-state index in [0.717, 1.165) is 33.2 Å². The van der Waals surface area contributed by atoms with Crippen molar-refractivity contribution >= 4 is 35.2 Å². The van der Waals surface area contributed by atoms with E-state index in [1.54, 1.807) is 12.1 Å². The molecule has 3 heterocycles. The summed E-state index contributed by atoms with van der Waals surface area (Å²) in [6.45, 7) is 2.63. The van der Waals surface area contributed by atoms with Gasteiger partial charge in [0.15, 0.2) is 0 Å². The van der Waals surface area contributed by atoms with E-state index >= 15 is 0 Å². The monoisotopic (exact) mass is 697 g/mol. The molecule has 0 saturated carbocycles. The van der Waals surface area contributed by atoms with Crippen LogP contribution in [0.4, 0.5) is 0 Å². The number of nitrogens with zero attached hydrogens (tertiary/aromatic N) is 2. The average molecular weight is 697 g/mol. The number of fused-ring (bicyclic) bond motifs is 3. The van der Waals surface area contributed by atoms with Crippen LogP contribution in [0, 0.1) is 25.8 Å². The van der Waals surface area contributed by atoms with Crippen molar-refractivity contribution in [3.63, 3.8) is 0 Å². The second kappa shape index (κ2) is 11.6. The molecule has 0 fully saturated rings. The molecule has 3 aromatic carbocycles. The second-order valence-electron chi connectivity index (χ2n) is 9.77. The summed E-state index contributed by atoms with van der Waals surface area (Å²) in [4.78, 5) is 8.88. The third-order valence-electron chi connectivity index (χ3n) is 6.02. The second-order valence-corrected chi connectivity index (χ2v) is 14.8. The predicted octanol–water partition coefficient (Wildman–Crippen LogP) is 8.16. The molecule has 5 heteroatoms. The quantitative estimate of drug-likeness (QED) is 0.139. The van der Waals surface area contributed by atoms with Gasteiger partial charge in [-0.3, -0.25) is 0 Å². The van der Waals surface area contributed by atoms with Crippen molar-refractivity contribution < 1.29 is 32.7 Å². The Kier molecular flexibility index (Phi) is 6.26. The van der Waals surface area contributed by atoms with E-state index in [-0.39, 0.29) is 31.2 Å². The molecule has 0 spiro atoms. The standard InChI is InChI=1S/C20H18NOSi.C13H12N.Ir/c1-23(2,3)17-13-21-19(14-9-5-4-6-10-14)18-15-11-7-8-12-16(15)22-20(17)18;1-10-3-6-12(7-4-10)13-8-5-11(2)9-14-13;/h4-9,11-13H,1-3H3;3-6,8-9H,1-2H3;/q2*-1;/i;1D3,2D3;. The molecule has 0 unspecified atom stereocenters. The Labute approximate surface area is 247 Å². The molecule has 0 atom stereocenters. The Morgan fingerprint density at radius 2 is 1.58 bits per heavy atom. The van der Waals surface area contributed by atoms with Crippen LogP contribution in [-0.4, -0.2) is 18.0 Å².